The maximum absolute atomic E-state index is 9.44. The topological polar surface area (TPSA) is 35.5 Å². The van der Waals surface area contributed by atoms with Gasteiger partial charge in [-0.15, -0.1) is 0 Å². The van der Waals surface area contributed by atoms with E-state index in [-0.39, 0.29) is 20.3 Å². The van der Waals surface area contributed by atoms with E-state index in [1.165, 1.54) is 13.8 Å². The third-order valence-corrected chi connectivity index (χ3v) is 0.664. The molecule has 0 saturated heterocycles. The van der Waals surface area contributed by atoms with E-state index in [9.17, 15) is 4.79 Å². The van der Waals surface area contributed by atoms with E-state index >= 15 is 0 Å². The molecule has 0 aliphatic heterocycles. The van der Waals surface area contributed by atoms with E-state index < -0.39 is 0 Å². The summed E-state index contributed by atoms with van der Waals surface area (Å²) in [7, 11) is 3.15. The van der Waals surface area contributed by atoms with E-state index in [4.69, 9.17) is 0 Å². The summed E-state index contributed by atoms with van der Waals surface area (Å²) in [4.78, 5) is 9.44. The van der Waals surface area contributed by atoms with Crippen LogP contribution in [0.2, 0.25) is 6.82 Å². The molecule has 0 spiro atoms. The third-order valence-electron chi connectivity index (χ3n) is 0.664. The molecule has 3 nitrogen and oxygen atoms in total. The molecular formula is C7H19BO3. The standard InChI is InChI=1S/C3H9BO2.C3H6O.CH4/c1-4(5-2)6-3;1-3(2)4;/h1-3H3;1-2H3;1H4. The van der Waals surface area contributed by atoms with E-state index in [0.717, 1.165) is 0 Å². The summed E-state index contributed by atoms with van der Waals surface area (Å²) in [6, 6.07) is 0. The fraction of sp³-hybridized carbons (Fsp3) is 0.857. The van der Waals surface area contributed by atoms with Gasteiger partial charge >= 0.3 is 7.12 Å². The van der Waals surface area contributed by atoms with Gasteiger partial charge in [0, 0.05) is 14.2 Å². The fourth-order valence-corrected chi connectivity index (χ4v) is 0.0962. The van der Waals surface area contributed by atoms with Gasteiger partial charge in [-0.25, -0.2) is 0 Å². The summed E-state index contributed by atoms with van der Waals surface area (Å²) in [5, 5.41) is 0. The van der Waals surface area contributed by atoms with Gasteiger partial charge in [-0.3, -0.25) is 0 Å². The molecule has 0 bridgehead atoms. The monoisotopic (exact) mass is 162 g/mol. The van der Waals surface area contributed by atoms with Crippen LogP contribution in [-0.2, 0) is 14.1 Å². The minimum Gasteiger partial charge on any atom is -0.414 e. The smallest absolute Gasteiger partial charge is 0.414 e. The molecule has 11 heavy (non-hydrogen) atoms. The van der Waals surface area contributed by atoms with Gasteiger partial charge in [0.1, 0.15) is 5.78 Å². The van der Waals surface area contributed by atoms with Gasteiger partial charge in [0.05, 0.1) is 0 Å². The van der Waals surface area contributed by atoms with E-state index in [1.807, 2.05) is 6.82 Å². The summed E-state index contributed by atoms with van der Waals surface area (Å²) < 4.78 is 9.35. The molecule has 0 aliphatic carbocycles. The maximum atomic E-state index is 9.44. The summed E-state index contributed by atoms with van der Waals surface area (Å²) in [6.07, 6.45) is 0. The Hall–Kier alpha value is -0.345. The normalized spacial score (nSPS) is 7.00. The molecule has 0 aromatic heterocycles. The number of hydrogen-bond acceptors (Lipinski definition) is 3. The molecule has 0 unspecified atom stereocenters. The molecule has 0 fully saturated rings. The first-order valence-corrected chi connectivity index (χ1v) is 3.07. The molecule has 0 amide bonds. The van der Waals surface area contributed by atoms with Crippen molar-refractivity contribution in [1.29, 1.82) is 0 Å². The minimum atomic E-state index is -0.0648. The van der Waals surface area contributed by atoms with Crippen LogP contribution in [0.15, 0.2) is 0 Å². The largest absolute Gasteiger partial charge is 0.453 e. The molecule has 0 aliphatic rings. The van der Waals surface area contributed by atoms with Crippen LogP contribution in [0.3, 0.4) is 0 Å². The zero-order valence-corrected chi connectivity index (χ0v) is 7.30. The van der Waals surface area contributed by atoms with Crippen molar-refractivity contribution < 1.29 is 14.1 Å². The third kappa shape index (κ3) is 42.4. The average Bonchev–Trinajstić information content (AvgIpc) is 1.85. The number of carbonyl (C=O) groups excluding carboxylic acids is 1. The fourth-order valence-electron chi connectivity index (χ4n) is 0.0962. The highest BCUT2D eigenvalue weighted by Crippen LogP contribution is 1.77. The lowest BCUT2D eigenvalue weighted by atomic mass is 9.96. The van der Waals surface area contributed by atoms with Crippen molar-refractivity contribution in [1.82, 2.24) is 0 Å². The number of carbonyl (C=O) groups is 1. The minimum absolute atomic E-state index is 0. The van der Waals surface area contributed by atoms with Crippen molar-refractivity contribution in [2.45, 2.75) is 28.1 Å². The Labute approximate surface area is 70.2 Å². The first-order chi connectivity index (χ1) is 4.54. The van der Waals surface area contributed by atoms with Crippen molar-refractivity contribution in [3.8, 4) is 0 Å². The number of ketones is 1. The van der Waals surface area contributed by atoms with Crippen LogP contribution in [-0.4, -0.2) is 27.1 Å². The van der Waals surface area contributed by atoms with Crippen LogP contribution in [0.4, 0.5) is 0 Å². The molecule has 0 atom stereocenters. The lowest BCUT2D eigenvalue weighted by Gasteiger charge is -1.97. The zero-order valence-electron chi connectivity index (χ0n) is 7.30. The Bertz CT molecular complexity index is 77.8. The molecule has 0 N–H and O–H groups in total. The van der Waals surface area contributed by atoms with Crippen LogP contribution in [0.25, 0.3) is 0 Å². The first kappa shape index (κ1) is 16.9. The molecule has 0 rings (SSSR count). The second-order valence-corrected chi connectivity index (χ2v) is 1.95. The summed E-state index contributed by atoms with van der Waals surface area (Å²) in [5.41, 5.74) is 0. The molecular weight excluding hydrogens is 143 g/mol. The number of Topliss-reactive ketones (excluding diaryl/α,β-unsaturated/α-hetero) is 1. The number of rotatable bonds is 2. The van der Waals surface area contributed by atoms with Crippen LogP contribution in [0.5, 0.6) is 0 Å². The maximum Gasteiger partial charge on any atom is 0.453 e. The van der Waals surface area contributed by atoms with Crippen molar-refractivity contribution >= 4 is 12.9 Å². The molecule has 0 aromatic carbocycles. The van der Waals surface area contributed by atoms with Gasteiger partial charge < -0.3 is 14.1 Å². The summed E-state index contributed by atoms with van der Waals surface area (Å²) >= 11 is 0. The molecule has 0 saturated carbocycles. The van der Waals surface area contributed by atoms with Crippen molar-refractivity contribution in [2.75, 3.05) is 14.2 Å². The van der Waals surface area contributed by atoms with Gasteiger partial charge in [0.15, 0.2) is 0 Å². The van der Waals surface area contributed by atoms with Crippen molar-refractivity contribution in [3.63, 3.8) is 0 Å². The Kier molecular flexibility index (Phi) is 19.0. The summed E-state index contributed by atoms with van der Waals surface area (Å²) in [6.45, 7) is 4.89. The molecule has 4 heteroatoms. The Morgan fingerprint density at radius 3 is 1.36 bits per heavy atom. The lowest BCUT2D eigenvalue weighted by Crippen LogP contribution is -2.12. The number of hydrogen-bond donors (Lipinski definition) is 0. The second kappa shape index (κ2) is 12.3. The van der Waals surface area contributed by atoms with Crippen LogP contribution < -0.4 is 0 Å². The molecule has 0 heterocycles. The highest BCUT2D eigenvalue weighted by Gasteiger charge is 2.00. The predicted molar refractivity (Wildman–Crippen MR) is 48.7 cm³/mol. The molecule has 0 aromatic rings. The van der Waals surface area contributed by atoms with E-state index in [1.54, 1.807) is 14.2 Å². The quantitative estimate of drug-likeness (QED) is 0.578. The van der Waals surface area contributed by atoms with Crippen LogP contribution in [0.1, 0.15) is 21.3 Å². The molecule has 68 valence electrons. The van der Waals surface area contributed by atoms with Gasteiger partial charge in [-0.05, 0) is 20.7 Å². The SMILES string of the molecule is C.CC(C)=O.COB(C)OC. The second-order valence-electron chi connectivity index (χ2n) is 1.95. The summed E-state index contributed by atoms with van der Waals surface area (Å²) in [5.74, 6) is 0.167. The van der Waals surface area contributed by atoms with Crippen LogP contribution in [0, 0.1) is 0 Å². The lowest BCUT2D eigenvalue weighted by molar-refractivity contribution is -0.114. The first-order valence-electron chi connectivity index (χ1n) is 3.07. The van der Waals surface area contributed by atoms with Gasteiger partial charge in [0.2, 0.25) is 0 Å². The zero-order chi connectivity index (χ0) is 8.57. The van der Waals surface area contributed by atoms with Crippen molar-refractivity contribution in [2.24, 2.45) is 0 Å². The Morgan fingerprint density at radius 2 is 1.36 bits per heavy atom. The van der Waals surface area contributed by atoms with Gasteiger partial charge in [-0.1, -0.05) is 7.43 Å². The van der Waals surface area contributed by atoms with Crippen LogP contribution >= 0.6 is 0 Å². The van der Waals surface area contributed by atoms with E-state index in [0.29, 0.717) is 0 Å². The highest BCUT2D eigenvalue weighted by molar-refractivity contribution is 6.42. The predicted octanol–water partition coefficient (Wildman–Crippen LogP) is 1.63. The average molecular weight is 162 g/mol. The molecule has 0 radical (unpaired) electrons. The Morgan fingerprint density at radius 1 is 1.18 bits per heavy atom. The highest BCUT2D eigenvalue weighted by atomic mass is 16.6. The van der Waals surface area contributed by atoms with Gasteiger partial charge in [0.25, 0.3) is 0 Å². The van der Waals surface area contributed by atoms with Gasteiger partial charge in [-0.2, -0.15) is 0 Å². The van der Waals surface area contributed by atoms with Crippen molar-refractivity contribution in [3.05, 3.63) is 0 Å². The Balaban J connectivity index is -0.000000114. The van der Waals surface area contributed by atoms with E-state index in [2.05, 4.69) is 9.31 Å².